The third kappa shape index (κ3) is 3.28. The Morgan fingerprint density at radius 2 is 1.78 bits per heavy atom. The summed E-state index contributed by atoms with van der Waals surface area (Å²) >= 11 is 0. The fraction of sp³-hybridized carbons (Fsp3) is 0.929. The second-order valence-corrected chi connectivity index (χ2v) is 6.04. The predicted octanol–water partition coefficient (Wildman–Crippen LogP) is 3.47. The summed E-state index contributed by atoms with van der Waals surface area (Å²) in [4.78, 5) is 12.1. The molecule has 0 aromatic rings. The zero-order chi connectivity index (χ0) is 13.2. The molecule has 0 saturated heterocycles. The van der Waals surface area contributed by atoms with Gasteiger partial charge in [-0.1, -0.05) is 19.3 Å². The standard InChI is InChI=1S/C14H22F2O2/c15-14(16)8-4-5-11(10-14)9-12(17)13(18)6-2-1-3-7-13/h11,18H,1-10H2. The van der Waals surface area contributed by atoms with Gasteiger partial charge < -0.3 is 5.11 Å². The number of hydrogen-bond acceptors (Lipinski definition) is 2. The smallest absolute Gasteiger partial charge is 0.248 e. The number of carbonyl (C=O) groups excluding carboxylic acids is 1. The lowest BCUT2D eigenvalue weighted by molar-refractivity contribution is -0.143. The molecule has 4 heteroatoms. The summed E-state index contributed by atoms with van der Waals surface area (Å²) in [5.41, 5.74) is -1.22. The molecule has 1 unspecified atom stereocenters. The number of halogens is 2. The number of Topliss-reactive ketones (excluding diaryl/α,β-unsaturated/α-hetero) is 1. The molecule has 2 fully saturated rings. The molecule has 18 heavy (non-hydrogen) atoms. The second-order valence-electron chi connectivity index (χ2n) is 6.04. The van der Waals surface area contributed by atoms with Crippen molar-refractivity contribution in [1.29, 1.82) is 0 Å². The van der Waals surface area contributed by atoms with Crippen molar-refractivity contribution in [2.45, 2.75) is 75.7 Å². The summed E-state index contributed by atoms with van der Waals surface area (Å²) in [5.74, 6) is -3.06. The van der Waals surface area contributed by atoms with E-state index in [4.69, 9.17) is 0 Å². The maximum atomic E-state index is 13.3. The van der Waals surface area contributed by atoms with Crippen LogP contribution >= 0.6 is 0 Å². The van der Waals surface area contributed by atoms with Crippen molar-refractivity contribution in [2.75, 3.05) is 0 Å². The summed E-state index contributed by atoms with van der Waals surface area (Å²) in [6.45, 7) is 0. The minimum Gasteiger partial charge on any atom is -0.382 e. The van der Waals surface area contributed by atoms with Crippen LogP contribution in [-0.2, 0) is 4.79 Å². The van der Waals surface area contributed by atoms with E-state index >= 15 is 0 Å². The Kier molecular flexibility index (Phi) is 4.05. The van der Waals surface area contributed by atoms with Crippen LogP contribution in [0, 0.1) is 5.92 Å². The Labute approximate surface area is 107 Å². The molecule has 2 aliphatic carbocycles. The third-order valence-electron chi connectivity index (χ3n) is 4.42. The van der Waals surface area contributed by atoms with Crippen LogP contribution in [0.3, 0.4) is 0 Å². The molecule has 0 heterocycles. The molecular weight excluding hydrogens is 238 g/mol. The molecule has 0 aromatic heterocycles. The molecule has 1 N–H and O–H groups in total. The number of carbonyl (C=O) groups is 1. The van der Waals surface area contributed by atoms with Crippen LogP contribution in [0.2, 0.25) is 0 Å². The summed E-state index contributed by atoms with van der Waals surface area (Å²) in [6.07, 6.45) is 4.87. The van der Waals surface area contributed by atoms with Gasteiger partial charge in [0.1, 0.15) is 5.60 Å². The summed E-state index contributed by atoms with van der Waals surface area (Å²) in [7, 11) is 0. The highest BCUT2D eigenvalue weighted by molar-refractivity contribution is 5.87. The monoisotopic (exact) mass is 260 g/mol. The quantitative estimate of drug-likeness (QED) is 0.843. The van der Waals surface area contributed by atoms with Crippen LogP contribution in [0.1, 0.15) is 64.2 Å². The minimum absolute atomic E-state index is 0.0536. The molecular formula is C14H22F2O2. The van der Waals surface area contributed by atoms with E-state index in [1.165, 1.54) is 0 Å². The minimum atomic E-state index is -2.61. The molecule has 0 aromatic carbocycles. The van der Waals surface area contributed by atoms with Gasteiger partial charge >= 0.3 is 0 Å². The first-order valence-corrected chi connectivity index (χ1v) is 7.05. The van der Waals surface area contributed by atoms with Crippen LogP contribution in [0.4, 0.5) is 8.78 Å². The average molecular weight is 260 g/mol. The normalized spacial score (nSPS) is 30.9. The van der Waals surface area contributed by atoms with Crippen molar-refractivity contribution in [3.8, 4) is 0 Å². The van der Waals surface area contributed by atoms with Crippen molar-refractivity contribution < 1.29 is 18.7 Å². The van der Waals surface area contributed by atoms with Gasteiger partial charge in [0.2, 0.25) is 5.92 Å². The highest BCUT2D eigenvalue weighted by Gasteiger charge is 2.41. The van der Waals surface area contributed by atoms with Crippen molar-refractivity contribution in [1.82, 2.24) is 0 Å². The SMILES string of the molecule is O=C(CC1CCCC(F)(F)C1)C1(O)CCCCC1. The van der Waals surface area contributed by atoms with Gasteiger partial charge in [0.15, 0.2) is 5.78 Å². The first-order chi connectivity index (χ1) is 8.41. The number of hydrogen-bond donors (Lipinski definition) is 1. The topological polar surface area (TPSA) is 37.3 Å². The van der Waals surface area contributed by atoms with Crippen LogP contribution in [-0.4, -0.2) is 22.4 Å². The molecule has 2 saturated carbocycles. The first kappa shape index (κ1) is 13.9. The van der Waals surface area contributed by atoms with Crippen LogP contribution < -0.4 is 0 Å². The Balaban J connectivity index is 1.90. The van der Waals surface area contributed by atoms with Gasteiger partial charge in [-0.05, 0) is 31.6 Å². The highest BCUT2D eigenvalue weighted by Crippen LogP contribution is 2.39. The molecule has 0 aliphatic heterocycles. The molecule has 2 rings (SSSR count). The van der Waals surface area contributed by atoms with E-state index in [1.54, 1.807) is 0 Å². The molecule has 0 spiro atoms. The maximum Gasteiger partial charge on any atom is 0.248 e. The Morgan fingerprint density at radius 3 is 2.39 bits per heavy atom. The maximum absolute atomic E-state index is 13.3. The number of aliphatic hydroxyl groups is 1. The van der Waals surface area contributed by atoms with Gasteiger partial charge in [0.05, 0.1) is 0 Å². The average Bonchev–Trinajstić information content (AvgIpc) is 2.28. The van der Waals surface area contributed by atoms with Crippen molar-refractivity contribution >= 4 is 5.78 Å². The molecule has 0 bridgehead atoms. The predicted molar refractivity (Wildman–Crippen MR) is 64.6 cm³/mol. The Bertz CT molecular complexity index is 309. The molecule has 1 atom stereocenters. The van der Waals surface area contributed by atoms with E-state index in [0.29, 0.717) is 25.7 Å². The molecule has 104 valence electrons. The van der Waals surface area contributed by atoms with Gasteiger partial charge in [0, 0.05) is 19.3 Å². The van der Waals surface area contributed by atoms with Crippen LogP contribution in [0.5, 0.6) is 0 Å². The lowest BCUT2D eigenvalue weighted by Gasteiger charge is -2.34. The second kappa shape index (κ2) is 5.24. The lowest BCUT2D eigenvalue weighted by atomic mass is 9.76. The zero-order valence-electron chi connectivity index (χ0n) is 10.8. The molecule has 2 aliphatic rings. The van der Waals surface area contributed by atoms with E-state index in [9.17, 15) is 18.7 Å². The van der Waals surface area contributed by atoms with Crippen molar-refractivity contribution in [2.24, 2.45) is 5.92 Å². The fourth-order valence-electron chi connectivity index (χ4n) is 3.32. The van der Waals surface area contributed by atoms with Gasteiger partial charge in [0.25, 0.3) is 0 Å². The Morgan fingerprint density at radius 1 is 1.11 bits per heavy atom. The largest absolute Gasteiger partial charge is 0.382 e. The van der Waals surface area contributed by atoms with Gasteiger partial charge in [-0.2, -0.15) is 0 Å². The number of rotatable bonds is 3. The van der Waals surface area contributed by atoms with Crippen molar-refractivity contribution in [3.05, 3.63) is 0 Å². The van der Waals surface area contributed by atoms with E-state index in [1.807, 2.05) is 0 Å². The van der Waals surface area contributed by atoms with E-state index in [-0.39, 0.29) is 31.0 Å². The number of ketones is 1. The lowest BCUT2D eigenvalue weighted by Crippen LogP contribution is -2.42. The van der Waals surface area contributed by atoms with Crippen LogP contribution in [0.25, 0.3) is 0 Å². The summed E-state index contributed by atoms with van der Waals surface area (Å²) in [5, 5.41) is 10.3. The van der Waals surface area contributed by atoms with Gasteiger partial charge in [-0.3, -0.25) is 4.79 Å². The first-order valence-electron chi connectivity index (χ1n) is 7.05. The molecule has 0 radical (unpaired) electrons. The summed E-state index contributed by atoms with van der Waals surface area (Å²) in [6, 6.07) is 0. The van der Waals surface area contributed by atoms with E-state index < -0.39 is 11.5 Å². The zero-order valence-corrected chi connectivity index (χ0v) is 10.8. The Hall–Kier alpha value is -0.510. The fourth-order valence-corrected chi connectivity index (χ4v) is 3.32. The molecule has 0 amide bonds. The van der Waals surface area contributed by atoms with Gasteiger partial charge in [-0.15, -0.1) is 0 Å². The van der Waals surface area contributed by atoms with E-state index in [2.05, 4.69) is 0 Å². The van der Waals surface area contributed by atoms with Crippen LogP contribution in [0.15, 0.2) is 0 Å². The summed E-state index contributed by atoms with van der Waals surface area (Å²) < 4.78 is 26.5. The van der Waals surface area contributed by atoms with Crippen molar-refractivity contribution in [3.63, 3.8) is 0 Å². The third-order valence-corrected chi connectivity index (χ3v) is 4.42. The highest BCUT2D eigenvalue weighted by atomic mass is 19.3. The number of alkyl halides is 2. The van der Waals surface area contributed by atoms with E-state index in [0.717, 1.165) is 19.3 Å². The van der Waals surface area contributed by atoms with Gasteiger partial charge in [-0.25, -0.2) is 8.78 Å². The molecule has 2 nitrogen and oxygen atoms in total.